The Bertz CT molecular complexity index is 456. The van der Waals surface area contributed by atoms with Gasteiger partial charge < -0.3 is 15.8 Å². The van der Waals surface area contributed by atoms with E-state index in [-0.39, 0.29) is 17.8 Å². The summed E-state index contributed by atoms with van der Waals surface area (Å²) in [5.41, 5.74) is 6.09. The average Bonchev–Trinajstić information content (AvgIpc) is 2.81. The van der Waals surface area contributed by atoms with Gasteiger partial charge in [0, 0.05) is 10.1 Å². The molecule has 1 heterocycles. The van der Waals surface area contributed by atoms with Gasteiger partial charge in [-0.15, -0.1) is 0 Å². The van der Waals surface area contributed by atoms with Gasteiger partial charge in [-0.2, -0.15) is 0 Å². The number of benzene rings is 1. The number of nitrogens with two attached hydrogens (primary N) is 1. The Hall–Kier alpha value is -0.730. The van der Waals surface area contributed by atoms with E-state index in [1.54, 1.807) is 6.07 Å². The molecule has 0 radical (unpaired) electrons. The average molecular weight is 364 g/mol. The summed E-state index contributed by atoms with van der Waals surface area (Å²) >= 11 is 1.98. The van der Waals surface area contributed by atoms with Crippen LogP contribution in [0.3, 0.4) is 0 Å². The van der Waals surface area contributed by atoms with Gasteiger partial charge in [0.25, 0.3) is 5.91 Å². The molecule has 1 aliphatic heterocycles. The third-order valence-electron chi connectivity index (χ3n) is 2.85. The molecule has 2 rings (SSSR count). The van der Waals surface area contributed by atoms with Crippen LogP contribution in [0.25, 0.3) is 0 Å². The molecule has 0 bridgehead atoms. The van der Waals surface area contributed by atoms with E-state index in [2.05, 4.69) is 5.32 Å². The molecule has 3 N–H and O–H groups in total. The topological polar surface area (TPSA) is 64.4 Å². The normalized spacial score (nSPS) is 23.1. The Morgan fingerprint density at radius 3 is 2.94 bits per heavy atom. The number of amides is 1. The molecular formula is C12H14FIN2O2. The summed E-state index contributed by atoms with van der Waals surface area (Å²) in [4.78, 5) is 11.9. The Kier molecular flexibility index (Phi) is 4.52. The van der Waals surface area contributed by atoms with Crippen molar-refractivity contribution < 1.29 is 13.9 Å². The van der Waals surface area contributed by atoms with Crippen LogP contribution in [0.5, 0.6) is 0 Å². The highest BCUT2D eigenvalue weighted by Gasteiger charge is 2.30. The maximum atomic E-state index is 12.9. The van der Waals surface area contributed by atoms with E-state index in [1.807, 2.05) is 22.6 Å². The van der Waals surface area contributed by atoms with Crippen LogP contribution in [0, 0.1) is 9.39 Å². The predicted molar refractivity (Wildman–Crippen MR) is 74.7 cm³/mol. The van der Waals surface area contributed by atoms with Crippen molar-refractivity contribution >= 4 is 34.2 Å². The zero-order valence-corrected chi connectivity index (χ0v) is 11.8. The highest BCUT2D eigenvalue weighted by atomic mass is 127. The summed E-state index contributed by atoms with van der Waals surface area (Å²) in [6.45, 7) is 0.428. The molecule has 1 aromatic rings. The first-order valence-electron chi connectivity index (χ1n) is 5.71. The number of halogens is 2. The number of ether oxygens (including phenoxy) is 1. The summed E-state index contributed by atoms with van der Waals surface area (Å²) in [6.07, 6.45) is 0.980. The fourth-order valence-corrected chi connectivity index (χ4v) is 2.49. The number of carbonyl (C=O) groups excluding carboxylic acids is 1. The van der Waals surface area contributed by atoms with Gasteiger partial charge in [0.2, 0.25) is 0 Å². The van der Waals surface area contributed by atoms with Crippen molar-refractivity contribution in [2.45, 2.75) is 25.0 Å². The second kappa shape index (κ2) is 5.94. The van der Waals surface area contributed by atoms with E-state index >= 15 is 0 Å². The number of hydrogen-bond donors (Lipinski definition) is 2. The fraction of sp³-hybridized carbons (Fsp3) is 0.417. The Morgan fingerprint density at radius 1 is 1.56 bits per heavy atom. The van der Waals surface area contributed by atoms with E-state index < -0.39 is 6.10 Å². The lowest BCUT2D eigenvalue weighted by atomic mass is 10.2. The number of hydrogen-bond acceptors (Lipinski definition) is 3. The monoisotopic (exact) mass is 364 g/mol. The largest absolute Gasteiger partial charge is 0.364 e. The van der Waals surface area contributed by atoms with E-state index in [0.29, 0.717) is 22.2 Å². The van der Waals surface area contributed by atoms with Crippen molar-refractivity contribution in [2.24, 2.45) is 5.73 Å². The molecule has 1 saturated heterocycles. The molecule has 4 nitrogen and oxygen atoms in total. The fourth-order valence-electron chi connectivity index (χ4n) is 1.88. The van der Waals surface area contributed by atoms with Gasteiger partial charge in [-0.3, -0.25) is 4.79 Å². The first kappa shape index (κ1) is 13.7. The Morgan fingerprint density at radius 2 is 2.33 bits per heavy atom. The second-order valence-corrected chi connectivity index (χ2v) is 5.34. The summed E-state index contributed by atoms with van der Waals surface area (Å²) in [5.74, 6) is -0.520. The number of nitrogens with one attached hydrogen (secondary N) is 1. The zero-order chi connectivity index (χ0) is 13.1. The van der Waals surface area contributed by atoms with E-state index in [9.17, 15) is 9.18 Å². The van der Waals surface area contributed by atoms with Gasteiger partial charge in [0.1, 0.15) is 11.9 Å². The van der Waals surface area contributed by atoms with Crippen LogP contribution in [0.1, 0.15) is 12.8 Å². The third-order valence-corrected chi connectivity index (χ3v) is 3.74. The van der Waals surface area contributed by atoms with Crippen LogP contribution < -0.4 is 11.1 Å². The zero-order valence-electron chi connectivity index (χ0n) is 9.66. The minimum absolute atomic E-state index is 0.0342. The van der Waals surface area contributed by atoms with Crippen molar-refractivity contribution in [3.8, 4) is 0 Å². The maximum Gasteiger partial charge on any atom is 0.253 e. The van der Waals surface area contributed by atoms with Crippen molar-refractivity contribution in [2.75, 3.05) is 11.9 Å². The van der Waals surface area contributed by atoms with Crippen LogP contribution in [0.4, 0.5) is 10.1 Å². The number of rotatable bonds is 3. The first-order chi connectivity index (χ1) is 8.60. The van der Waals surface area contributed by atoms with Crippen molar-refractivity contribution in [3.63, 3.8) is 0 Å². The summed E-state index contributed by atoms with van der Waals surface area (Å²) in [7, 11) is 0. The summed E-state index contributed by atoms with van der Waals surface area (Å²) < 4.78 is 19.1. The molecule has 1 amide bonds. The van der Waals surface area contributed by atoms with Crippen molar-refractivity contribution in [1.29, 1.82) is 0 Å². The molecular weight excluding hydrogens is 350 g/mol. The summed E-state index contributed by atoms with van der Waals surface area (Å²) in [5, 5.41) is 2.75. The van der Waals surface area contributed by atoms with Gasteiger partial charge in [-0.25, -0.2) is 4.39 Å². The Balaban J connectivity index is 1.99. The van der Waals surface area contributed by atoms with Gasteiger partial charge in [0.15, 0.2) is 0 Å². The smallest absolute Gasteiger partial charge is 0.253 e. The standard InChI is InChI=1S/C12H14FIN2O2/c13-7-1-3-10(9(14)5-7)16-12(17)11-4-2-8(6-15)18-11/h1,3,5,8,11H,2,4,6,15H2,(H,16,17). The van der Waals surface area contributed by atoms with Gasteiger partial charge in [-0.05, 0) is 53.6 Å². The predicted octanol–water partition coefficient (Wildman–Crippen LogP) is 1.88. The highest BCUT2D eigenvalue weighted by Crippen LogP contribution is 2.23. The highest BCUT2D eigenvalue weighted by molar-refractivity contribution is 14.1. The molecule has 6 heteroatoms. The minimum atomic E-state index is -0.459. The molecule has 18 heavy (non-hydrogen) atoms. The number of anilines is 1. The molecule has 0 aromatic heterocycles. The molecule has 98 valence electrons. The maximum absolute atomic E-state index is 12.9. The van der Waals surface area contributed by atoms with Crippen LogP contribution in [0.2, 0.25) is 0 Å². The van der Waals surface area contributed by atoms with Crippen molar-refractivity contribution in [3.05, 3.63) is 27.6 Å². The lowest BCUT2D eigenvalue weighted by Gasteiger charge is -2.13. The molecule has 0 spiro atoms. The van der Waals surface area contributed by atoms with E-state index in [4.69, 9.17) is 10.5 Å². The third kappa shape index (κ3) is 3.18. The molecule has 2 atom stereocenters. The van der Waals surface area contributed by atoms with Crippen LogP contribution in [0.15, 0.2) is 18.2 Å². The molecule has 0 saturated carbocycles. The second-order valence-electron chi connectivity index (χ2n) is 4.17. The van der Waals surface area contributed by atoms with Gasteiger partial charge in [0.05, 0.1) is 11.8 Å². The first-order valence-corrected chi connectivity index (χ1v) is 6.79. The molecule has 1 aliphatic rings. The van der Waals surface area contributed by atoms with Crippen molar-refractivity contribution in [1.82, 2.24) is 0 Å². The van der Waals surface area contributed by atoms with Crippen LogP contribution in [-0.4, -0.2) is 24.7 Å². The lowest BCUT2D eigenvalue weighted by molar-refractivity contribution is -0.126. The molecule has 2 unspecified atom stereocenters. The molecule has 1 fully saturated rings. The quantitative estimate of drug-likeness (QED) is 0.805. The Labute approximate surface area is 118 Å². The molecule has 0 aliphatic carbocycles. The van der Waals surface area contributed by atoms with Gasteiger partial charge >= 0.3 is 0 Å². The number of carbonyl (C=O) groups is 1. The SMILES string of the molecule is NCC1CCC(C(=O)Nc2ccc(F)cc2I)O1. The van der Waals surface area contributed by atoms with E-state index in [0.717, 1.165) is 6.42 Å². The minimum Gasteiger partial charge on any atom is -0.364 e. The van der Waals surface area contributed by atoms with E-state index in [1.165, 1.54) is 12.1 Å². The van der Waals surface area contributed by atoms with Crippen LogP contribution >= 0.6 is 22.6 Å². The molecule has 1 aromatic carbocycles. The van der Waals surface area contributed by atoms with Gasteiger partial charge in [-0.1, -0.05) is 0 Å². The van der Waals surface area contributed by atoms with Crippen LogP contribution in [-0.2, 0) is 9.53 Å². The lowest BCUT2D eigenvalue weighted by Crippen LogP contribution is -2.30. The summed E-state index contributed by atoms with van der Waals surface area (Å²) in [6, 6.07) is 4.23.